The van der Waals surface area contributed by atoms with E-state index in [1.54, 1.807) is 6.07 Å². The zero-order valence-electron chi connectivity index (χ0n) is 8.25. The normalized spacial score (nSPS) is 12.2. The Morgan fingerprint density at radius 2 is 2.36 bits per heavy atom. The third-order valence-corrected chi connectivity index (χ3v) is 2.70. The van der Waals surface area contributed by atoms with Gasteiger partial charge in [0.15, 0.2) is 0 Å². The average Bonchev–Trinajstić information content (AvgIpc) is 2.17. The Hall–Kier alpha value is -0.900. The SMILES string of the molecule is Cc1cccc(C(=O)NC(C)CBr)n1. The van der Waals surface area contributed by atoms with E-state index in [1.165, 1.54) is 0 Å². The molecule has 1 rings (SSSR count). The van der Waals surface area contributed by atoms with Crippen LogP contribution >= 0.6 is 15.9 Å². The van der Waals surface area contributed by atoms with Gasteiger partial charge >= 0.3 is 0 Å². The lowest BCUT2D eigenvalue weighted by molar-refractivity contribution is 0.0938. The molecule has 14 heavy (non-hydrogen) atoms. The highest BCUT2D eigenvalue weighted by atomic mass is 79.9. The Morgan fingerprint density at radius 1 is 1.64 bits per heavy atom. The minimum Gasteiger partial charge on any atom is -0.347 e. The molecule has 1 N–H and O–H groups in total. The number of hydrogen-bond acceptors (Lipinski definition) is 2. The molecule has 0 aliphatic carbocycles. The Bertz CT molecular complexity index is 328. The monoisotopic (exact) mass is 256 g/mol. The van der Waals surface area contributed by atoms with E-state index < -0.39 is 0 Å². The molecule has 0 spiro atoms. The highest BCUT2D eigenvalue weighted by Crippen LogP contribution is 1.99. The van der Waals surface area contributed by atoms with Crippen molar-refractivity contribution < 1.29 is 4.79 Å². The first-order valence-corrected chi connectivity index (χ1v) is 5.56. The summed E-state index contributed by atoms with van der Waals surface area (Å²) in [7, 11) is 0. The third kappa shape index (κ3) is 3.10. The Labute approximate surface area is 92.1 Å². The quantitative estimate of drug-likeness (QED) is 0.840. The fourth-order valence-electron chi connectivity index (χ4n) is 1.01. The molecule has 0 aliphatic rings. The number of aryl methyl sites for hydroxylation is 1. The molecule has 76 valence electrons. The standard InChI is InChI=1S/C10H13BrN2O/c1-7-4-3-5-9(12-7)10(14)13-8(2)6-11/h3-5,8H,6H2,1-2H3,(H,13,14). The molecular weight excluding hydrogens is 244 g/mol. The summed E-state index contributed by atoms with van der Waals surface area (Å²) in [6, 6.07) is 5.52. The lowest BCUT2D eigenvalue weighted by Gasteiger charge is -2.09. The zero-order chi connectivity index (χ0) is 10.6. The van der Waals surface area contributed by atoms with Crippen LogP contribution in [-0.4, -0.2) is 22.3 Å². The molecule has 0 saturated carbocycles. The summed E-state index contributed by atoms with van der Waals surface area (Å²) in [5.74, 6) is -0.124. The van der Waals surface area contributed by atoms with Crippen LogP contribution in [0.4, 0.5) is 0 Å². The van der Waals surface area contributed by atoms with Crippen molar-refractivity contribution in [2.45, 2.75) is 19.9 Å². The fourth-order valence-corrected chi connectivity index (χ4v) is 1.17. The summed E-state index contributed by atoms with van der Waals surface area (Å²) in [6.07, 6.45) is 0. The van der Waals surface area contributed by atoms with Gasteiger partial charge < -0.3 is 5.32 Å². The van der Waals surface area contributed by atoms with Crippen molar-refractivity contribution in [1.82, 2.24) is 10.3 Å². The second kappa shape index (κ2) is 5.10. The van der Waals surface area contributed by atoms with Gasteiger partial charge in [0.2, 0.25) is 0 Å². The van der Waals surface area contributed by atoms with Crippen LogP contribution < -0.4 is 5.32 Å². The van der Waals surface area contributed by atoms with Gasteiger partial charge in [-0.15, -0.1) is 0 Å². The van der Waals surface area contributed by atoms with Gasteiger partial charge in [0.05, 0.1) is 0 Å². The number of hydrogen-bond donors (Lipinski definition) is 1. The van der Waals surface area contributed by atoms with Crippen LogP contribution in [0.3, 0.4) is 0 Å². The van der Waals surface area contributed by atoms with Crippen molar-refractivity contribution >= 4 is 21.8 Å². The number of aromatic nitrogens is 1. The third-order valence-electron chi connectivity index (χ3n) is 1.73. The maximum atomic E-state index is 11.6. The number of nitrogens with zero attached hydrogens (tertiary/aromatic N) is 1. The van der Waals surface area contributed by atoms with Crippen LogP contribution in [0.25, 0.3) is 0 Å². The molecule has 0 radical (unpaired) electrons. The van der Waals surface area contributed by atoms with Crippen molar-refractivity contribution in [3.05, 3.63) is 29.6 Å². The minimum absolute atomic E-state index is 0.116. The van der Waals surface area contributed by atoms with Gasteiger partial charge in [-0.2, -0.15) is 0 Å². The highest BCUT2D eigenvalue weighted by Gasteiger charge is 2.09. The fraction of sp³-hybridized carbons (Fsp3) is 0.400. The summed E-state index contributed by atoms with van der Waals surface area (Å²) in [5, 5.41) is 3.57. The Balaban J connectivity index is 2.70. The van der Waals surface area contributed by atoms with E-state index in [0.29, 0.717) is 5.69 Å². The molecule has 1 amide bonds. The van der Waals surface area contributed by atoms with E-state index in [0.717, 1.165) is 11.0 Å². The van der Waals surface area contributed by atoms with Crippen LogP contribution in [0, 0.1) is 6.92 Å². The van der Waals surface area contributed by atoms with Crippen LogP contribution in [-0.2, 0) is 0 Å². The zero-order valence-corrected chi connectivity index (χ0v) is 9.84. The number of nitrogens with one attached hydrogen (secondary N) is 1. The molecule has 1 atom stereocenters. The van der Waals surface area contributed by atoms with E-state index in [9.17, 15) is 4.79 Å². The van der Waals surface area contributed by atoms with Crippen molar-refractivity contribution in [1.29, 1.82) is 0 Å². The van der Waals surface area contributed by atoms with E-state index in [2.05, 4.69) is 26.2 Å². The van der Waals surface area contributed by atoms with Gasteiger partial charge in [0.25, 0.3) is 5.91 Å². The molecule has 0 aliphatic heterocycles. The van der Waals surface area contributed by atoms with Crippen LogP contribution in [0.5, 0.6) is 0 Å². The lowest BCUT2D eigenvalue weighted by Crippen LogP contribution is -2.34. The first-order valence-electron chi connectivity index (χ1n) is 4.44. The second-order valence-electron chi connectivity index (χ2n) is 3.19. The van der Waals surface area contributed by atoms with Gasteiger partial charge in [-0.05, 0) is 26.0 Å². The predicted molar refractivity (Wildman–Crippen MR) is 59.7 cm³/mol. The Kier molecular flexibility index (Phi) is 4.07. The number of rotatable bonds is 3. The van der Waals surface area contributed by atoms with E-state index >= 15 is 0 Å². The van der Waals surface area contributed by atoms with Gasteiger partial charge in [0, 0.05) is 17.1 Å². The number of halogens is 1. The highest BCUT2D eigenvalue weighted by molar-refractivity contribution is 9.09. The van der Waals surface area contributed by atoms with E-state index in [-0.39, 0.29) is 11.9 Å². The lowest BCUT2D eigenvalue weighted by atomic mass is 10.3. The largest absolute Gasteiger partial charge is 0.347 e. The van der Waals surface area contributed by atoms with Gasteiger partial charge in [-0.3, -0.25) is 4.79 Å². The Morgan fingerprint density at radius 3 is 2.93 bits per heavy atom. The molecule has 1 aromatic heterocycles. The second-order valence-corrected chi connectivity index (χ2v) is 3.84. The van der Waals surface area contributed by atoms with Crippen LogP contribution in [0.1, 0.15) is 23.1 Å². The first-order chi connectivity index (χ1) is 6.63. The van der Waals surface area contributed by atoms with E-state index in [4.69, 9.17) is 0 Å². The molecular formula is C10H13BrN2O. The van der Waals surface area contributed by atoms with Crippen LogP contribution in [0.15, 0.2) is 18.2 Å². The van der Waals surface area contributed by atoms with Gasteiger partial charge in [0.1, 0.15) is 5.69 Å². The van der Waals surface area contributed by atoms with Gasteiger partial charge in [-0.1, -0.05) is 22.0 Å². The smallest absolute Gasteiger partial charge is 0.270 e. The molecule has 0 aromatic carbocycles. The number of amides is 1. The summed E-state index contributed by atoms with van der Waals surface area (Å²) in [6.45, 7) is 3.80. The molecule has 4 heteroatoms. The molecule has 1 unspecified atom stereocenters. The molecule has 3 nitrogen and oxygen atoms in total. The van der Waals surface area contributed by atoms with Crippen molar-refractivity contribution in [2.24, 2.45) is 0 Å². The molecule has 0 fully saturated rings. The van der Waals surface area contributed by atoms with E-state index in [1.807, 2.05) is 26.0 Å². The maximum absolute atomic E-state index is 11.6. The van der Waals surface area contributed by atoms with Crippen molar-refractivity contribution in [2.75, 3.05) is 5.33 Å². The molecule has 0 saturated heterocycles. The topological polar surface area (TPSA) is 42.0 Å². The number of alkyl halides is 1. The summed E-state index contributed by atoms with van der Waals surface area (Å²) in [4.78, 5) is 15.7. The van der Waals surface area contributed by atoms with Crippen LogP contribution in [0.2, 0.25) is 0 Å². The van der Waals surface area contributed by atoms with Crippen molar-refractivity contribution in [3.8, 4) is 0 Å². The predicted octanol–water partition coefficient (Wildman–Crippen LogP) is 1.90. The average molecular weight is 257 g/mol. The number of carbonyl (C=O) groups excluding carboxylic acids is 1. The first kappa shape index (κ1) is 11.2. The maximum Gasteiger partial charge on any atom is 0.270 e. The minimum atomic E-state index is -0.124. The molecule has 1 heterocycles. The summed E-state index contributed by atoms with van der Waals surface area (Å²) < 4.78 is 0. The summed E-state index contributed by atoms with van der Waals surface area (Å²) in [5.41, 5.74) is 1.32. The molecule has 0 bridgehead atoms. The number of pyridine rings is 1. The number of carbonyl (C=O) groups is 1. The van der Waals surface area contributed by atoms with Crippen molar-refractivity contribution in [3.63, 3.8) is 0 Å². The van der Waals surface area contributed by atoms with Gasteiger partial charge in [-0.25, -0.2) is 4.98 Å². The summed E-state index contributed by atoms with van der Waals surface area (Å²) >= 11 is 3.30. The molecule has 1 aromatic rings.